The molecule has 1 saturated carbocycles. The SMILES string of the molecule is Cc1nn2c(ncc3c(=O)n([C@@H]4CCC[C@H](C)[C@@H]4C)ccc32)c1-c1ccc(F)cc1. The Morgan fingerprint density at radius 3 is 2.63 bits per heavy atom. The normalized spacial score (nSPS) is 22.1. The number of hydrogen-bond donors (Lipinski definition) is 0. The summed E-state index contributed by atoms with van der Waals surface area (Å²) in [6.07, 6.45) is 6.98. The van der Waals surface area contributed by atoms with E-state index in [2.05, 4.69) is 23.9 Å². The molecule has 3 aromatic heterocycles. The molecule has 0 radical (unpaired) electrons. The van der Waals surface area contributed by atoms with Crippen molar-refractivity contribution in [2.24, 2.45) is 11.8 Å². The fourth-order valence-electron chi connectivity index (χ4n) is 4.95. The highest BCUT2D eigenvalue weighted by molar-refractivity contribution is 5.86. The van der Waals surface area contributed by atoms with Crippen molar-refractivity contribution in [3.05, 3.63) is 64.6 Å². The van der Waals surface area contributed by atoms with Gasteiger partial charge in [-0.05, 0) is 48.9 Å². The molecule has 1 aromatic carbocycles. The van der Waals surface area contributed by atoms with E-state index < -0.39 is 0 Å². The van der Waals surface area contributed by atoms with E-state index in [0.717, 1.165) is 35.2 Å². The summed E-state index contributed by atoms with van der Waals surface area (Å²) in [5, 5.41) is 5.24. The quantitative estimate of drug-likeness (QED) is 0.464. The molecule has 0 aliphatic heterocycles. The van der Waals surface area contributed by atoms with Gasteiger partial charge in [0.2, 0.25) is 0 Å². The fourth-order valence-corrected chi connectivity index (χ4v) is 4.95. The zero-order valence-corrected chi connectivity index (χ0v) is 17.5. The third-order valence-corrected chi connectivity index (χ3v) is 6.87. The Kier molecular flexibility index (Phi) is 4.45. The molecular formula is C24H25FN4O. The number of benzene rings is 1. The monoisotopic (exact) mass is 404 g/mol. The molecule has 0 bridgehead atoms. The number of aryl methyl sites for hydroxylation is 1. The number of fused-ring (bicyclic) bond motifs is 3. The molecule has 0 spiro atoms. The van der Waals surface area contributed by atoms with E-state index in [1.807, 2.05) is 23.8 Å². The molecule has 1 aliphatic rings. The predicted molar refractivity (Wildman–Crippen MR) is 116 cm³/mol. The van der Waals surface area contributed by atoms with Gasteiger partial charge in [0, 0.05) is 24.0 Å². The average molecular weight is 404 g/mol. The van der Waals surface area contributed by atoms with Gasteiger partial charge in [0.15, 0.2) is 5.65 Å². The Morgan fingerprint density at radius 1 is 1.10 bits per heavy atom. The first kappa shape index (κ1) is 19.0. The zero-order chi connectivity index (χ0) is 21.0. The average Bonchev–Trinajstić information content (AvgIpc) is 3.08. The summed E-state index contributed by atoms with van der Waals surface area (Å²) in [6, 6.07) is 8.52. The smallest absolute Gasteiger partial charge is 0.261 e. The van der Waals surface area contributed by atoms with E-state index in [1.54, 1.807) is 22.8 Å². The number of pyridine rings is 1. The summed E-state index contributed by atoms with van der Waals surface area (Å²) in [5.74, 6) is 0.791. The van der Waals surface area contributed by atoms with Crippen LogP contribution in [0, 0.1) is 24.6 Å². The summed E-state index contributed by atoms with van der Waals surface area (Å²) >= 11 is 0. The van der Waals surface area contributed by atoms with Crippen molar-refractivity contribution >= 4 is 16.6 Å². The van der Waals surface area contributed by atoms with Crippen molar-refractivity contribution in [1.82, 2.24) is 19.2 Å². The Balaban J connectivity index is 1.68. The Labute approximate surface area is 174 Å². The third kappa shape index (κ3) is 2.85. The molecule has 0 saturated heterocycles. The van der Waals surface area contributed by atoms with E-state index in [1.165, 1.54) is 18.6 Å². The van der Waals surface area contributed by atoms with Crippen molar-refractivity contribution < 1.29 is 4.39 Å². The minimum atomic E-state index is -0.280. The molecule has 30 heavy (non-hydrogen) atoms. The second kappa shape index (κ2) is 7.04. The largest absolute Gasteiger partial charge is 0.311 e. The number of halogens is 1. The maximum atomic E-state index is 13.4. The molecule has 4 aromatic rings. The van der Waals surface area contributed by atoms with Crippen molar-refractivity contribution in [3.63, 3.8) is 0 Å². The molecule has 1 fully saturated rings. The van der Waals surface area contributed by atoms with Crippen LogP contribution in [-0.2, 0) is 0 Å². The molecule has 0 N–H and O–H groups in total. The first-order valence-corrected chi connectivity index (χ1v) is 10.6. The van der Waals surface area contributed by atoms with Crippen LogP contribution >= 0.6 is 0 Å². The lowest BCUT2D eigenvalue weighted by Crippen LogP contribution is -2.33. The molecule has 5 nitrogen and oxygen atoms in total. The maximum absolute atomic E-state index is 13.4. The molecule has 1 aliphatic carbocycles. The summed E-state index contributed by atoms with van der Waals surface area (Å²) in [7, 11) is 0. The summed E-state index contributed by atoms with van der Waals surface area (Å²) in [4.78, 5) is 18.0. The van der Waals surface area contributed by atoms with Crippen LogP contribution in [0.3, 0.4) is 0 Å². The minimum Gasteiger partial charge on any atom is -0.311 e. The zero-order valence-electron chi connectivity index (χ0n) is 17.5. The van der Waals surface area contributed by atoms with Gasteiger partial charge in [-0.2, -0.15) is 5.10 Å². The van der Waals surface area contributed by atoms with Crippen LogP contribution in [-0.4, -0.2) is 19.2 Å². The maximum Gasteiger partial charge on any atom is 0.261 e. The van der Waals surface area contributed by atoms with Gasteiger partial charge in [-0.1, -0.05) is 38.8 Å². The van der Waals surface area contributed by atoms with Crippen molar-refractivity contribution in [1.29, 1.82) is 0 Å². The molecule has 6 heteroatoms. The first-order valence-electron chi connectivity index (χ1n) is 10.6. The first-order chi connectivity index (χ1) is 14.5. The number of rotatable bonds is 2. The van der Waals surface area contributed by atoms with Gasteiger partial charge in [0.05, 0.1) is 16.6 Å². The van der Waals surface area contributed by atoms with Gasteiger partial charge in [-0.3, -0.25) is 4.79 Å². The van der Waals surface area contributed by atoms with Gasteiger partial charge < -0.3 is 4.57 Å². The predicted octanol–water partition coefficient (Wildman–Crippen LogP) is 5.16. The molecule has 3 atom stereocenters. The van der Waals surface area contributed by atoms with E-state index in [9.17, 15) is 9.18 Å². The van der Waals surface area contributed by atoms with Gasteiger partial charge in [-0.15, -0.1) is 0 Å². The van der Waals surface area contributed by atoms with E-state index in [4.69, 9.17) is 0 Å². The topological polar surface area (TPSA) is 52.2 Å². The molecule has 3 heterocycles. The van der Waals surface area contributed by atoms with Gasteiger partial charge in [-0.25, -0.2) is 13.9 Å². The second-order valence-corrected chi connectivity index (χ2v) is 8.62. The fraction of sp³-hybridized carbons (Fsp3) is 0.375. The van der Waals surface area contributed by atoms with E-state index in [-0.39, 0.29) is 17.4 Å². The molecule has 5 rings (SSSR count). The lowest BCUT2D eigenvalue weighted by atomic mass is 9.78. The molecule has 154 valence electrons. The standard InChI is InChI=1S/C24H25FN4O/c1-14-5-4-6-20(15(14)2)28-12-11-21-19(24(28)30)13-26-23-22(16(3)27-29(21)23)17-7-9-18(25)10-8-17/h7-15,20H,4-6H2,1-3H3/t14-,15-,20+/m0/s1. The third-order valence-electron chi connectivity index (χ3n) is 6.87. The van der Waals surface area contributed by atoms with E-state index in [0.29, 0.717) is 22.9 Å². The number of aromatic nitrogens is 4. The molecule has 0 unspecified atom stereocenters. The number of nitrogens with zero attached hydrogens (tertiary/aromatic N) is 4. The highest BCUT2D eigenvalue weighted by atomic mass is 19.1. The summed E-state index contributed by atoms with van der Waals surface area (Å²) in [5.41, 5.74) is 3.91. The van der Waals surface area contributed by atoms with Crippen LogP contribution in [0.25, 0.3) is 27.7 Å². The van der Waals surface area contributed by atoms with E-state index >= 15 is 0 Å². The van der Waals surface area contributed by atoms with Gasteiger partial charge in [0.1, 0.15) is 5.82 Å². The lowest BCUT2D eigenvalue weighted by molar-refractivity contribution is 0.183. The van der Waals surface area contributed by atoms with Crippen LogP contribution in [0.5, 0.6) is 0 Å². The van der Waals surface area contributed by atoms with Crippen molar-refractivity contribution in [3.8, 4) is 11.1 Å². The number of hydrogen-bond acceptors (Lipinski definition) is 3. The second-order valence-electron chi connectivity index (χ2n) is 8.62. The van der Waals surface area contributed by atoms with Crippen LogP contribution in [0.1, 0.15) is 44.8 Å². The van der Waals surface area contributed by atoms with Crippen molar-refractivity contribution in [2.45, 2.75) is 46.1 Å². The van der Waals surface area contributed by atoms with Crippen LogP contribution in [0.4, 0.5) is 4.39 Å². The Bertz CT molecular complexity index is 1310. The van der Waals surface area contributed by atoms with Crippen molar-refractivity contribution in [2.75, 3.05) is 0 Å². The highest BCUT2D eigenvalue weighted by Gasteiger charge is 2.29. The Morgan fingerprint density at radius 2 is 1.87 bits per heavy atom. The summed E-state index contributed by atoms with van der Waals surface area (Å²) in [6.45, 7) is 6.43. The van der Waals surface area contributed by atoms with Gasteiger partial charge >= 0.3 is 0 Å². The minimum absolute atomic E-state index is 0.00987. The van der Waals surface area contributed by atoms with Gasteiger partial charge in [0.25, 0.3) is 5.56 Å². The summed E-state index contributed by atoms with van der Waals surface area (Å²) < 4.78 is 17.0. The lowest BCUT2D eigenvalue weighted by Gasteiger charge is -2.35. The van der Waals surface area contributed by atoms with Crippen LogP contribution < -0.4 is 5.56 Å². The van der Waals surface area contributed by atoms with Crippen LogP contribution in [0.15, 0.2) is 47.5 Å². The highest BCUT2D eigenvalue weighted by Crippen LogP contribution is 2.37. The Hall–Kier alpha value is -3.02. The molecule has 0 amide bonds. The van der Waals surface area contributed by atoms with Crippen LogP contribution in [0.2, 0.25) is 0 Å². The molecular weight excluding hydrogens is 379 g/mol.